The van der Waals surface area contributed by atoms with Crippen LogP contribution in [0.1, 0.15) is 46.5 Å². The minimum Gasteiger partial charge on any atom is -0.480 e. The standard InChI is InChI=1S/C14H28N2O2/c1-4-10-15-11-7-8-14(9-12-15,13(17)18)16(5-2)6-3/h4-12H2,1-3H3,(H,17,18). The molecule has 0 aliphatic carbocycles. The highest BCUT2D eigenvalue weighted by Gasteiger charge is 2.43. The normalized spacial score (nSPS) is 26.2. The average molecular weight is 256 g/mol. The van der Waals surface area contributed by atoms with Crippen LogP contribution in [-0.4, -0.2) is 59.1 Å². The maximum Gasteiger partial charge on any atom is 0.324 e. The van der Waals surface area contributed by atoms with Crippen molar-refractivity contribution >= 4 is 5.97 Å². The number of likely N-dealkylation sites (tertiary alicyclic amines) is 1. The molecule has 0 bridgehead atoms. The maximum absolute atomic E-state index is 11.8. The van der Waals surface area contributed by atoms with Crippen molar-refractivity contribution < 1.29 is 9.90 Å². The van der Waals surface area contributed by atoms with Crippen molar-refractivity contribution in [2.45, 2.75) is 52.0 Å². The van der Waals surface area contributed by atoms with E-state index in [-0.39, 0.29) is 0 Å². The van der Waals surface area contributed by atoms with E-state index in [1.54, 1.807) is 0 Å². The van der Waals surface area contributed by atoms with Crippen molar-refractivity contribution in [3.05, 3.63) is 0 Å². The second-order valence-electron chi connectivity index (χ2n) is 5.20. The molecule has 0 radical (unpaired) electrons. The summed E-state index contributed by atoms with van der Waals surface area (Å²) in [6, 6.07) is 0. The summed E-state index contributed by atoms with van der Waals surface area (Å²) in [4.78, 5) is 16.3. The predicted octanol–water partition coefficient (Wildman–Crippen LogP) is 2.05. The first-order valence-electron chi connectivity index (χ1n) is 7.31. The number of carboxylic acids is 1. The molecule has 4 nitrogen and oxygen atoms in total. The lowest BCUT2D eigenvalue weighted by atomic mass is 9.88. The number of nitrogens with zero attached hydrogens (tertiary/aromatic N) is 2. The number of carboxylic acid groups (broad SMARTS) is 1. The first-order valence-corrected chi connectivity index (χ1v) is 7.31. The molecule has 1 fully saturated rings. The van der Waals surface area contributed by atoms with Crippen molar-refractivity contribution in [3.8, 4) is 0 Å². The fourth-order valence-electron chi connectivity index (χ4n) is 3.21. The van der Waals surface area contributed by atoms with E-state index >= 15 is 0 Å². The molecule has 0 saturated carbocycles. The molecule has 1 atom stereocenters. The summed E-state index contributed by atoms with van der Waals surface area (Å²) >= 11 is 0. The highest BCUT2D eigenvalue weighted by atomic mass is 16.4. The van der Waals surface area contributed by atoms with Gasteiger partial charge in [0.1, 0.15) is 5.54 Å². The molecule has 1 aliphatic rings. The van der Waals surface area contributed by atoms with E-state index in [0.717, 1.165) is 58.4 Å². The molecule has 4 heteroatoms. The summed E-state index contributed by atoms with van der Waals surface area (Å²) in [5.41, 5.74) is -0.633. The van der Waals surface area contributed by atoms with Crippen LogP contribution in [-0.2, 0) is 4.79 Å². The lowest BCUT2D eigenvalue weighted by molar-refractivity contribution is -0.152. The smallest absolute Gasteiger partial charge is 0.324 e. The lowest BCUT2D eigenvalue weighted by Crippen LogP contribution is -2.55. The van der Waals surface area contributed by atoms with Crippen LogP contribution < -0.4 is 0 Å². The predicted molar refractivity (Wildman–Crippen MR) is 73.9 cm³/mol. The summed E-state index contributed by atoms with van der Waals surface area (Å²) in [5.74, 6) is -0.635. The Labute approximate surface area is 111 Å². The summed E-state index contributed by atoms with van der Waals surface area (Å²) in [5, 5.41) is 9.70. The number of hydrogen-bond donors (Lipinski definition) is 1. The van der Waals surface area contributed by atoms with E-state index in [2.05, 4.69) is 30.6 Å². The van der Waals surface area contributed by atoms with Crippen LogP contribution in [0.2, 0.25) is 0 Å². The summed E-state index contributed by atoms with van der Waals surface area (Å²) in [6.45, 7) is 11.0. The Hall–Kier alpha value is -0.610. The zero-order valence-corrected chi connectivity index (χ0v) is 12.1. The van der Waals surface area contributed by atoms with Crippen molar-refractivity contribution in [3.63, 3.8) is 0 Å². The van der Waals surface area contributed by atoms with Gasteiger partial charge >= 0.3 is 5.97 Å². The highest BCUT2D eigenvalue weighted by Crippen LogP contribution is 2.29. The van der Waals surface area contributed by atoms with Gasteiger partial charge in [-0.15, -0.1) is 0 Å². The molecule has 106 valence electrons. The molecule has 0 aromatic carbocycles. The molecule has 18 heavy (non-hydrogen) atoms. The fraction of sp³-hybridized carbons (Fsp3) is 0.929. The molecule has 1 rings (SSSR count). The molecule has 1 heterocycles. The van der Waals surface area contributed by atoms with Crippen LogP contribution in [0.15, 0.2) is 0 Å². The number of rotatable bonds is 6. The van der Waals surface area contributed by atoms with Crippen molar-refractivity contribution in [2.75, 3.05) is 32.7 Å². The van der Waals surface area contributed by atoms with Crippen LogP contribution in [0, 0.1) is 0 Å². The Morgan fingerprint density at radius 3 is 2.39 bits per heavy atom. The van der Waals surface area contributed by atoms with Gasteiger partial charge < -0.3 is 10.0 Å². The van der Waals surface area contributed by atoms with Gasteiger partial charge in [-0.05, 0) is 51.9 Å². The summed E-state index contributed by atoms with van der Waals surface area (Å²) < 4.78 is 0. The third kappa shape index (κ3) is 3.23. The summed E-state index contributed by atoms with van der Waals surface area (Å²) in [6.07, 6.45) is 3.67. The molecule has 0 aromatic heterocycles. The van der Waals surface area contributed by atoms with E-state index in [1.165, 1.54) is 0 Å². The van der Waals surface area contributed by atoms with E-state index in [1.807, 2.05) is 0 Å². The summed E-state index contributed by atoms with van der Waals surface area (Å²) in [7, 11) is 0. The van der Waals surface area contributed by atoms with E-state index in [4.69, 9.17) is 0 Å². The molecule has 0 amide bonds. The van der Waals surface area contributed by atoms with Gasteiger partial charge in [0.15, 0.2) is 0 Å². The van der Waals surface area contributed by atoms with Gasteiger partial charge in [0.2, 0.25) is 0 Å². The Morgan fingerprint density at radius 2 is 1.89 bits per heavy atom. The molecule has 1 unspecified atom stereocenters. The lowest BCUT2D eigenvalue weighted by Gasteiger charge is -2.39. The quantitative estimate of drug-likeness (QED) is 0.790. The van der Waals surface area contributed by atoms with Gasteiger partial charge in [0.05, 0.1) is 0 Å². The van der Waals surface area contributed by atoms with Gasteiger partial charge in [0, 0.05) is 6.54 Å². The largest absolute Gasteiger partial charge is 0.480 e. The second-order valence-corrected chi connectivity index (χ2v) is 5.20. The zero-order valence-electron chi connectivity index (χ0n) is 12.1. The van der Waals surface area contributed by atoms with Crippen LogP contribution in [0.5, 0.6) is 0 Å². The topological polar surface area (TPSA) is 43.8 Å². The minimum absolute atomic E-state index is 0.633. The van der Waals surface area contributed by atoms with Crippen molar-refractivity contribution in [1.82, 2.24) is 9.80 Å². The molecule has 1 aliphatic heterocycles. The van der Waals surface area contributed by atoms with Gasteiger partial charge in [-0.3, -0.25) is 9.69 Å². The Morgan fingerprint density at radius 1 is 1.22 bits per heavy atom. The number of aliphatic carboxylic acids is 1. The molecule has 0 spiro atoms. The van der Waals surface area contributed by atoms with Crippen molar-refractivity contribution in [2.24, 2.45) is 0 Å². The van der Waals surface area contributed by atoms with E-state index in [9.17, 15) is 9.90 Å². The average Bonchev–Trinajstić information content (AvgIpc) is 2.55. The van der Waals surface area contributed by atoms with Gasteiger partial charge in [-0.1, -0.05) is 20.8 Å². The van der Waals surface area contributed by atoms with Crippen LogP contribution >= 0.6 is 0 Å². The third-order valence-corrected chi connectivity index (χ3v) is 4.21. The van der Waals surface area contributed by atoms with Gasteiger partial charge in [-0.2, -0.15) is 0 Å². The fourth-order valence-corrected chi connectivity index (χ4v) is 3.21. The number of hydrogen-bond acceptors (Lipinski definition) is 3. The first kappa shape index (κ1) is 15.4. The van der Waals surface area contributed by atoms with Crippen LogP contribution in [0.3, 0.4) is 0 Å². The molecule has 1 saturated heterocycles. The van der Waals surface area contributed by atoms with Crippen LogP contribution in [0.4, 0.5) is 0 Å². The zero-order chi connectivity index (χ0) is 13.6. The van der Waals surface area contributed by atoms with E-state index < -0.39 is 11.5 Å². The molecular formula is C14H28N2O2. The van der Waals surface area contributed by atoms with Gasteiger partial charge in [0.25, 0.3) is 0 Å². The molecule has 1 N–H and O–H groups in total. The Kier molecular flexibility index (Phi) is 6.09. The van der Waals surface area contributed by atoms with Gasteiger partial charge in [-0.25, -0.2) is 0 Å². The second kappa shape index (κ2) is 7.10. The van der Waals surface area contributed by atoms with E-state index in [0.29, 0.717) is 0 Å². The number of carbonyl (C=O) groups is 1. The van der Waals surface area contributed by atoms with Crippen LogP contribution in [0.25, 0.3) is 0 Å². The molecular weight excluding hydrogens is 228 g/mol. The molecule has 0 aromatic rings. The third-order valence-electron chi connectivity index (χ3n) is 4.21. The first-order chi connectivity index (χ1) is 8.60. The Balaban J connectivity index is 2.82. The SMILES string of the molecule is CCCN1CCCC(C(=O)O)(N(CC)CC)CC1. The Bertz CT molecular complexity index is 267. The minimum atomic E-state index is -0.635. The highest BCUT2D eigenvalue weighted by molar-refractivity contribution is 5.78. The monoisotopic (exact) mass is 256 g/mol. The maximum atomic E-state index is 11.8. The number of likely N-dealkylation sites (N-methyl/N-ethyl adjacent to an activating group) is 1. The van der Waals surface area contributed by atoms with Crippen molar-refractivity contribution in [1.29, 1.82) is 0 Å².